The monoisotopic (exact) mass is 223 g/mol. The van der Waals surface area contributed by atoms with Gasteiger partial charge in [0.1, 0.15) is 0 Å². The molecule has 90 valence electrons. The zero-order valence-corrected chi connectivity index (χ0v) is 10.5. The molecule has 0 N–H and O–H groups in total. The van der Waals surface area contributed by atoms with Crippen molar-refractivity contribution in [2.45, 2.75) is 39.2 Å². The molecule has 0 aliphatic heterocycles. The van der Waals surface area contributed by atoms with Crippen LogP contribution in [0.2, 0.25) is 0 Å². The van der Waals surface area contributed by atoms with E-state index in [1.165, 1.54) is 0 Å². The molecular formula is C12H21N3O. The molecule has 16 heavy (non-hydrogen) atoms. The van der Waals surface area contributed by atoms with Crippen molar-refractivity contribution in [3.63, 3.8) is 0 Å². The van der Waals surface area contributed by atoms with E-state index >= 15 is 0 Å². The molecule has 4 heteroatoms. The van der Waals surface area contributed by atoms with E-state index in [2.05, 4.69) is 31.7 Å². The largest absolute Gasteiger partial charge is 0.379 e. The van der Waals surface area contributed by atoms with Gasteiger partial charge in [-0.1, -0.05) is 0 Å². The Balaban J connectivity index is 3.86. The molecule has 0 aromatic carbocycles. The molecule has 0 aliphatic carbocycles. The smallest absolute Gasteiger partial charge is 0.0645 e. The lowest BCUT2D eigenvalue weighted by atomic mass is 10.1. The highest BCUT2D eigenvalue weighted by molar-refractivity contribution is 4.80. The Morgan fingerprint density at radius 1 is 1.00 bits per heavy atom. The predicted molar refractivity (Wildman–Crippen MR) is 62.6 cm³/mol. The van der Waals surface area contributed by atoms with Gasteiger partial charge in [0, 0.05) is 25.0 Å². The number of ether oxygens (including phenoxy) is 1. The van der Waals surface area contributed by atoms with Crippen LogP contribution in [0.25, 0.3) is 0 Å². The van der Waals surface area contributed by atoms with Crippen LogP contribution in [0.4, 0.5) is 0 Å². The number of nitrogens with zero attached hydrogens (tertiary/aromatic N) is 3. The van der Waals surface area contributed by atoms with Crippen molar-refractivity contribution in [1.82, 2.24) is 4.90 Å². The Morgan fingerprint density at radius 3 is 2.12 bits per heavy atom. The summed E-state index contributed by atoms with van der Waals surface area (Å²) in [5.41, 5.74) is 0.0510. The second-order valence-corrected chi connectivity index (χ2v) is 4.59. The lowest BCUT2D eigenvalue weighted by molar-refractivity contribution is 0.0683. The van der Waals surface area contributed by atoms with Crippen LogP contribution in [0.1, 0.15) is 33.6 Å². The average Bonchev–Trinajstić information content (AvgIpc) is 2.20. The standard InChI is InChI=1S/C12H21N3O/c1-12(2,3)15(8-4-6-13)9-11-16-10-5-7-14/h4-5,8-11H2,1-3H3. The van der Waals surface area contributed by atoms with Crippen LogP contribution in [0.3, 0.4) is 0 Å². The van der Waals surface area contributed by atoms with Crippen LogP contribution in [0.15, 0.2) is 0 Å². The molecule has 0 radical (unpaired) electrons. The fourth-order valence-corrected chi connectivity index (χ4v) is 1.36. The fourth-order valence-electron chi connectivity index (χ4n) is 1.36. The van der Waals surface area contributed by atoms with Crippen molar-refractivity contribution in [2.24, 2.45) is 0 Å². The Morgan fingerprint density at radius 2 is 1.62 bits per heavy atom. The van der Waals surface area contributed by atoms with Gasteiger partial charge in [-0.2, -0.15) is 10.5 Å². The molecule has 0 atom stereocenters. The second kappa shape index (κ2) is 8.10. The molecular weight excluding hydrogens is 202 g/mol. The minimum atomic E-state index is 0.0510. The first-order chi connectivity index (χ1) is 7.52. The van der Waals surface area contributed by atoms with E-state index in [0.717, 1.165) is 13.1 Å². The summed E-state index contributed by atoms with van der Waals surface area (Å²) in [7, 11) is 0. The number of hydrogen-bond donors (Lipinski definition) is 0. The molecule has 0 saturated carbocycles. The second-order valence-electron chi connectivity index (χ2n) is 4.59. The van der Waals surface area contributed by atoms with Crippen LogP contribution in [-0.2, 0) is 4.74 Å². The summed E-state index contributed by atoms with van der Waals surface area (Å²) in [6, 6.07) is 4.19. The van der Waals surface area contributed by atoms with Gasteiger partial charge in [0.15, 0.2) is 0 Å². The Labute approximate surface area is 98.4 Å². The van der Waals surface area contributed by atoms with Gasteiger partial charge in [0.25, 0.3) is 0 Å². The van der Waals surface area contributed by atoms with Gasteiger partial charge in [-0.05, 0) is 20.8 Å². The zero-order chi connectivity index (χ0) is 12.4. The molecule has 0 unspecified atom stereocenters. The van der Waals surface area contributed by atoms with E-state index in [1.807, 2.05) is 6.07 Å². The summed E-state index contributed by atoms with van der Waals surface area (Å²) in [6.07, 6.45) is 0.975. The van der Waals surface area contributed by atoms with Gasteiger partial charge < -0.3 is 4.74 Å². The van der Waals surface area contributed by atoms with Crippen molar-refractivity contribution in [1.29, 1.82) is 10.5 Å². The van der Waals surface area contributed by atoms with E-state index in [4.69, 9.17) is 15.3 Å². The molecule has 0 amide bonds. The molecule has 0 aliphatic rings. The van der Waals surface area contributed by atoms with E-state index in [0.29, 0.717) is 26.1 Å². The molecule has 0 aromatic rings. The van der Waals surface area contributed by atoms with Gasteiger partial charge in [-0.3, -0.25) is 4.90 Å². The lowest BCUT2D eigenvalue weighted by Crippen LogP contribution is -2.43. The van der Waals surface area contributed by atoms with Crippen LogP contribution in [0, 0.1) is 22.7 Å². The molecule has 0 aromatic heterocycles. The third-order valence-corrected chi connectivity index (χ3v) is 2.31. The van der Waals surface area contributed by atoms with Crippen LogP contribution >= 0.6 is 0 Å². The molecule has 0 rings (SSSR count). The van der Waals surface area contributed by atoms with Crippen LogP contribution in [0.5, 0.6) is 0 Å². The molecule has 0 heterocycles. The number of hydrogen-bond acceptors (Lipinski definition) is 4. The van der Waals surface area contributed by atoms with Gasteiger partial charge in [0.05, 0.1) is 31.8 Å². The first-order valence-electron chi connectivity index (χ1n) is 5.59. The predicted octanol–water partition coefficient (Wildman–Crippen LogP) is 1.93. The van der Waals surface area contributed by atoms with Crippen molar-refractivity contribution in [2.75, 3.05) is 26.3 Å². The number of rotatable bonds is 7. The molecule has 0 spiro atoms. The minimum absolute atomic E-state index is 0.0510. The maximum Gasteiger partial charge on any atom is 0.0645 e. The van der Waals surface area contributed by atoms with Gasteiger partial charge in [0.2, 0.25) is 0 Å². The summed E-state index contributed by atoms with van der Waals surface area (Å²) in [4.78, 5) is 2.22. The van der Waals surface area contributed by atoms with Crippen LogP contribution < -0.4 is 0 Å². The minimum Gasteiger partial charge on any atom is -0.379 e. The highest BCUT2D eigenvalue weighted by atomic mass is 16.5. The van der Waals surface area contributed by atoms with Gasteiger partial charge in [-0.25, -0.2) is 0 Å². The lowest BCUT2D eigenvalue weighted by Gasteiger charge is -2.34. The summed E-state index contributed by atoms with van der Waals surface area (Å²) in [5, 5.41) is 16.9. The average molecular weight is 223 g/mol. The normalized spacial score (nSPS) is 11.1. The Kier molecular flexibility index (Phi) is 7.54. The van der Waals surface area contributed by atoms with E-state index in [9.17, 15) is 0 Å². The summed E-state index contributed by atoms with van der Waals surface area (Å²) < 4.78 is 5.33. The fraction of sp³-hybridized carbons (Fsp3) is 0.833. The first kappa shape index (κ1) is 14.9. The third kappa shape index (κ3) is 7.23. The van der Waals surface area contributed by atoms with E-state index < -0.39 is 0 Å². The molecule has 0 bridgehead atoms. The third-order valence-electron chi connectivity index (χ3n) is 2.31. The van der Waals surface area contributed by atoms with Gasteiger partial charge in [-0.15, -0.1) is 0 Å². The molecule has 0 saturated heterocycles. The van der Waals surface area contributed by atoms with Gasteiger partial charge >= 0.3 is 0 Å². The Bertz CT molecular complexity index is 257. The highest BCUT2D eigenvalue weighted by Gasteiger charge is 2.20. The maximum absolute atomic E-state index is 8.58. The Hall–Kier alpha value is -1.10. The van der Waals surface area contributed by atoms with E-state index in [-0.39, 0.29) is 5.54 Å². The first-order valence-corrected chi connectivity index (χ1v) is 5.59. The topological polar surface area (TPSA) is 60.1 Å². The highest BCUT2D eigenvalue weighted by Crippen LogP contribution is 2.12. The summed E-state index contributed by atoms with van der Waals surface area (Å²) in [6.45, 7) is 9.05. The van der Waals surface area contributed by atoms with Crippen LogP contribution in [-0.4, -0.2) is 36.7 Å². The summed E-state index contributed by atoms with van der Waals surface area (Å²) in [5.74, 6) is 0. The zero-order valence-electron chi connectivity index (χ0n) is 10.5. The van der Waals surface area contributed by atoms with Crippen molar-refractivity contribution < 1.29 is 4.74 Å². The maximum atomic E-state index is 8.58. The van der Waals surface area contributed by atoms with E-state index in [1.54, 1.807) is 0 Å². The molecule has 0 fully saturated rings. The van der Waals surface area contributed by atoms with Crippen molar-refractivity contribution in [3.8, 4) is 12.1 Å². The quantitative estimate of drug-likeness (QED) is 0.619. The SMILES string of the molecule is CC(C)(C)N(CCC#N)CCOCCC#N. The van der Waals surface area contributed by atoms with Crippen molar-refractivity contribution in [3.05, 3.63) is 0 Å². The molecule has 4 nitrogen and oxygen atoms in total. The number of nitriles is 2. The summed E-state index contributed by atoms with van der Waals surface area (Å²) >= 11 is 0. The van der Waals surface area contributed by atoms with Crippen molar-refractivity contribution >= 4 is 0 Å².